The van der Waals surface area contributed by atoms with Crippen LogP contribution < -0.4 is 10.5 Å². The lowest BCUT2D eigenvalue weighted by atomic mass is 10.2. The Balaban J connectivity index is 2.04. The lowest BCUT2D eigenvalue weighted by Crippen LogP contribution is -1.92. The maximum Gasteiger partial charge on any atom is 0.156 e. The Bertz CT molecular complexity index is 789. The van der Waals surface area contributed by atoms with Gasteiger partial charge in [0.1, 0.15) is 11.3 Å². The van der Waals surface area contributed by atoms with Gasteiger partial charge >= 0.3 is 0 Å². The lowest BCUT2D eigenvalue weighted by molar-refractivity contribution is 0.486. The first kappa shape index (κ1) is 12.9. The fourth-order valence-electron chi connectivity index (χ4n) is 1.90. The van der Waals surface area contributed by atoms with E-state index in [1.165, 1.54) is 0 Å². The standard InChI is InChI=1S/C15H12BrN3O/c1-9-6-11(2-3-12(9)17)20-14-4-5-18-13-7-10(16)8-19-15(13)14/h2-8H,17H2,1H3. The summed E-state index contributed by atoms with van der Waals surface area (Å²) >= 11 is 3.38. The second-order valence-corrected chi connectivity index (χ2v) is 5.37. The summed E-state index contributed by atoms with van der Waals surface area (Å²) in [4.78, 5) is 8.64. The number of rotatable bonds is 2. The van der Waals surface area contributed by atoms with Crippen molar-refractivity contribution in [3.8, 4) is 11.5 Å². The highest BCUT2D eigenvalue weighted by atomic mass is 79.9. The number of aromatic nitrogens is 2. The smallest absolute Gasteiger partial charge is 0.156 e. The van der Waals surface area contributed by atoms with Gasteiger partial charge in [0.2, 0.25) is 0 Å². The first-order valence-corrected chi connectivity index (χ1v) is 6.87. The van der Waals surface area contributed by atoms with E-state index in [0.29, 0.717) is 5.75 Å². The van der Waals surface area contributed by atoms with Gasteiger partial charge in [0, 0.05) is 28.6 Å². The van der Waals surface area contributed by atoms with E-state index >= 15 is 0 Å². The van der Waals surface area contributed by atoms with Crippen LogP contribution in [0.1, 0.15) is 5.56 Å². The molecule has 3 aromatic rings. The van der Waals surface area contributed by atoms with Crippen LogP contribution in [0.5, 0.6) is 11.5 Å². The molecule has 5 heteroatoms. The summed E-state index contributed by atoms with van der Waals surface area (Å²) in [5, 5.41) is 0. The lowest BCUT2D eigenvalue weighted by Gasteiger charge is -2.09. The number of benzene rings is 1. The van der Waals surface area contributed by atoms with Crippen molar-refractivity contribution in [3.05, 3.63) is 52.8 Å². The molecule has 2 N–H and O–H groups in total. The Labute approximate surface area is 124 Å². The van der Waals surface area contributed by atoms with Crippen molar-refractivity contribution in [1.29, 1.82) is 0 Å². The van der Waals surface area contributed by atoms with Crippen LogP contribution in [0.25, 0.3) is 11.0 Å². The maximum atomic E-state index is 5.89. The molecule has 0 amide bonds. The number of anilines is 1. The first-order chi connectivity index (χ1) is 9.63. The third-order valence-electron chi connectivity index (χ3n) is 2.98. The molecular weight excluding hydrogens is 318 g/mol. The summed E-state index contributed by atoms with van der Waals surface area (Å²) in [6.45, 7) is 1.95. The molecule has 0 aliphatic rings. The van der Waals surface area contributed by atoms with Gasteiger partial charge in [0.05, 0.1) is 5.52 Å². The van der Waals surface area contributed by atoms with Gasteiger partial charge in [-0.25, -0.2) is 4.98 Å². The summed E-state index contributed by atoms with van der Waals surface area (Å²) in [5.41, 5.74) is 9.05. The van der Waals surface area contributed by atoms with Crippen LogP contribution in [-0.4, -0.2) is 9.97 Å². The summed E-state index contributed by atoms with van der Waals surface area (Å²) in [7, 11) is 0. The Kier molecular flexibility index (Phi) is 3.28. The Morgan fingerprint density at radius 2 is 2.00 bits per heavy atom. The summed E-state index contributed by atoms with van der Waals surface area (Å²) in [5.74, 6) is 1.40. The minimum absolute atomic E-state index is 0.673. The Morgan fingerprint density at radius 3 is 2.80 bits per heavy atom. The summed E-state index contributed by atoms with van der Waals surface area (Å²) < 4.78 is 6.78. The number of nitrogen functional groups attached to an aromatic ring is 1. The van der Waals surface area contributed by atoms with E-state index in [4.69, 9.17) is 10.5 Å². The molecule has 3 rings (SSSR count). The fraction of sp³-hybridized carbons (Fsp3) is 0.0667. The van der Waals surface area contributed by atoms with Gasteiger partial charge in [-0.1, -0.05) is 0 Å². The highest BCUT2D eigenvalue weighted by Crippen LogP contribution is 2.29. The van der Waals surface area contributed by atoms with Gasteiger partial charge in [0.25, 0.3) is 0 Å². The Hall–Kier alpha value is -2.14. The van der Waals surface area contributed by atoms with Gasteiger partial charge in [-0.05, 0) is 52.7 Å². The number of hydrogen-bond donors (Lipinski definition) is 1. The average Bonchev–Trinajstić information content (AvgIpc) is 2.43. The quantitative estimate of drug-likeness (QED) is 0.720. The molecule has 0 bridgehead atoms. The Morgan fingerprint density at radius 1 is 1.15 bits per heavy atom. The van der Waals surface area contributed by atoms with E-state index in [-0.39, 0.29) is 0 Å². The van der Waals surface area contributed by atoms with Gasteiger partial charge < -0.3 is 10.5 Å². The molecule has 1 aromatic carbocycles. The monoisotopic (exact) mass is 329 g/mol. The van der Waals surface area contributed by atoms with Crippen LogP contribution in [0.15, 0.2) is 47.2 Å². The van der Waals surface area contributed by atoms with Gasteiger partial charge in [-0.2, -0.15) is 0 Å². The highest BCUT2D eigenvalue weighted by molar-refractivity contribution is 9.10. The van der Waals surface area contributed by atoms with E-state index in [0.717, 1.165) is 32.5 Å². The number of ether oxygens (including phenoxy) is 1. The van der Waals surface area contributed by atoms with E-state index in [1.807, 2.05) is 31.2 Å². The number of aryl methyl sites for hydroxylation is 1. The normalized spacial score (nSPS) is 10.7. The molecule has 0 aliphatic heterocycles. The minimum atomic E-state index is 0.673. The number of halogens is 1. The molecule has 100 valence electrons. The molecule has 0 atom stereocenters. The van der Waals surface area contributed by atoms with E-state index < -0.39 is 0 Å². The number of fused-ring (bicyclic) bond motifs is 1. The van der Waals surface area contributed by atoms with Crippen LogP contribution in [0.2, 0.25) is 0 Å². The van der Waals surface area contributed by atoms with Crippen LogP contribution in [0, 0.1) is 6.92 Å². The van der Waals surface area contributed by atoms with E-state index in [2.05, 4.69) is 25.9 Å². The zero-order chi connectivity index (χ0) is 14.1. The molecule has 0 fully saturated rings. The van der Waals surface area contributed by atoms with Crippen LogP contribution in [-0.2, 0) is 0 Å². The predicted octanol–water partition coefficient (Wildman–Crippen LogP) is 4.08. The summed E-state index contributed by atoms with van der Waals surface area (Å²) in [6, 6.07) is 9.28. The van der Waals surface area contributed by atoms with Crippen molar-refractivity contribution < 1.29 is 4.74 Å². The molecule has 2 heterocycles. The molecule has 0 unspecified atom stereocenters. The van der Waals surface area contributed by atoms with Crippen molar-refractivity contribution in [2.75, 3.05) is 5.73 Å². The van der Waals surface area contributed by atoms with Crippen molar-refractivity contribution >= 4 is 32.7 Å². The molecular formula is C15H12BrN3O. The fourth-order valence-corrected chi connectivity index (χ4v) is 2.22. The van der Waals surface area contributed by atoms with Crippen LogP contribution in [0.4, 0.5) is 5.69 Å². The van der Waals surface area contributed by atoms with Gasteiger partial charge in [-0.3, -0.25) is 4.98 Å². The van der Waals surface area contributed by atoms with Crippen molar-refractivity contribution in [1.82, 2.24) is 9.97 Å². The van der Waals surface area contributed by atoms with Crippen LogP contribution >= 0.6 is 15.9 Å². The second kappa shape index (κ2) is 5.09. The molecule has 4 nitrogen and oxygen atoms in total. The third-order valence-corrected chi connectivity index (χ3v) is 3.41. The first-order valence-electron chi connectivity index (χ1n) is 6.08. The average molecular weight is 330 g/mol. The van der Waals surface area contributed by atoms with Gasteiger partial charge in [-0.15, -0.1) is 0 Å². The van der Waals surface area contributed by atoms with Crippen molar-refractivity contribution in [3.63, 3.8) is 0 Å². The molecule has 0 saturated heterocycles. The number of hydrogen-bond acceptors (Lipinski definition) is 4. The molecule has 20 heavy (non-hydrogen) atoms. The van der Waals surface area contributed by atoms with E-state index in [9.17, 15) is 0 Å². The number of nitrogens with zero attached hydrogens (tertiary/aromatic N) is 2. The third kappa shape index (κ3) is 2.44. The van der Waals surface area contributed by atoms with Gasteiger partial charge in [0.15, 0.2) is 5.75 Å². The van der Waals surface area contributed by atoms with Crippen molar-refractivity contribution in [2.45, 2.75) is 6.92 Å². The molecule has 0 spiro atoms. The zero-order valence-corrected chi connectivity index (χ0v) is 12.4. The topological polar surface area (TPSA) is 61.0 Å². The van der Waals surface area contributed by atoms with Crippen LogP contribution in [0.3, 0.4) is 0 Å². The van der Waals surface area contributed by atoms with Crippen molar-refractivity contribution in [2.24, 2.45) is 0 Å². The summed E-state index contributed by atoms with van der Waals surface area (Å²) in [6.07, 6.45) is 3.43. The molecule has 0 saturated carbocycles. The number of nitrogens with two attached hydrogens (primary N) is 1. The van der Waals surface area contributed by atoms with E-state index in [1.54, 1.807) is 18.5 Å². The largest absolute Gasteiger partial charge is 0.455 e. The zero-order valence-electron chi connectivity index (χ0n) is 10.8. The maximum absolute atomic E-state index is 5.89. The molecule has 0 aliphatic carbocycles. The molecule has 2 aromatic heterocycles. The minimum Gasteiger partial charge on any atom is -0.455 e. The number of pyridine rings is 2. The molecule has 0 radical (unpaired) electrons. The SMILES string of the molecule is Cc1cc(Oc2ccnc3cc(Br)cnc23)ccc1N. The second-order valence-electron chi connectivity index (χ2n) is 4.45. The predicted molar refractivity (Wildman–Crippen MR) is 82.9 cm³/mol. The highest BCUT2D eigenvalue weighted by Gasteiger charge is 2.07.